The first kappa shape index (κ1) is 16.1. The van der Waals surface area contributed by atoms with Crippen molar-refractivity contribution in [2.75, 3.05) is 0 Å². The van der Waals surface area contributed by atoms with Crippen LogP contribution in [0.15, 0.2) is 18.2 Å². The molecule has 0 unspecified atom stereocenters. The quantitative estimate of drug-likeness (QED) is 0.920. The maximum atomic E-state index is 12.2. The molecule has 1 amide bonds. The molecule has 0 radical (unpaired) electrons. The Morgan fingerprint density at radius 2 is 1.81 bits per heavy atom. The average molecular weight is 329 g/mol. The molecule has 0 heterocycles. The Bertz CT molecular complexity index is 548. The Balaban J connectivity index is 1.96. The van der Waals surface area contributed by atoms with Gasteiger partial charge in [0, 0.05) is 24.3 Å². The first-order valence-corrected chi connectivity index (χ1v) is 7.67. The minimum Gasteiger partial charge on any atom is -0.550 e. The van der Waals surface area contributed by atoms with Crippen LogP contribution in [0, 0.1) is 11.8 Å². The van der Waals surface area contributed by atoms with E-state index in [4.69, 9.17) is 23.2 Å². The van der Waals surface area contributed by atoms with Crippen molar-refractivity contribution in [2.45, 2.75) is 32.2 Å². The standard InChI is InChI=1S/C15H17Cl2NO3/c16-12-6-5-9(7-13(12)17)8-18-14(19)10-3-1-2-4-11(10)15(20)21/h5-7,10-11H,1-4,8H2,(H,18,19)(H,20,21)/p-1/t10-,11+/m0/s1. The number of aliphatic carboxylic acids is 1. The molecule has 0 bridgehead atoms. The van der Waals surface area contributed by atoms with Crippen molar-refractivity contribution in [3.05, 3.63) is 33.8 Å². The van der Waals surface area contributed by atoms with E-state index in [9.17, 15) is 14.7 Å². The highest BCUT2D eigenvalue weighted by atomic mass is 35.5. The number of carboxylic acids is 1. The van der Waals surface area contributed by atoms with Gasteiger partial charge in [-0.2, -0.15) is 0 Å². The Morgan fingerprint density at radius 1 is 1.14 bits per heavy atom. The summed E-state index contributed by atoms with van der Waals surface area (Å²) in [7, 11) is 0. The number of nitrogens with one attached hydrogen (secondary N) is 1. The number of hydrogen-bond donors (Lipinski definition) is 1. The molecule has 1 fully saturated rings. The molecule has 4 nitrogen and oxygen atoms in total. The van der Waals surface area contributed by atoms with Crippen LogP contribution >= 0.6 is 23.2 Å². The molecular formula is C15H16Cl2NO3-. The van der Waals surface area contributed by atoms with E-state index in [1.54, 1.807) is 18.2 Å². The van der Waals surface area contributed by atoms with Crippen LogP contribution in [-0.4, -0.2) is 11.9 Å². The summed E-state index contributed by atoms with van der Waals surface area (Å²) in [4.78, 5) is 23.3. The molecule has 1 N–H and O–H groups in total. The summed E-state index contributed by atoms with van der Waals surface area (Å²) in [6.07, 6.45) is 2.79. The van der Waals surface area contributed by atoms with Crippen molar-refractivity contribution in [3.8, 4) is 0 Å². The number of carboxylic acid groups (broad SMARTS) is 1. The van der Waals surface area contributed by atoms with Crippen LogP contribution in [-0.2, 0) is 16.1 Å². The third-order valence-corrected chi connectivity index (χ3v) is 4.60. The molecule has 2 atom stereocenters. The molecule has 114 valence electrons. The van der Waals surface area contributed by atoms with Crippen LogP contribution in [0.1, 0.15) is 31.2 Å². The lowest BCUT2D eigenvalue weighted by Crippen LogP contribution is -2.44. The van der Waals surface area contributed by atoms with Gasteiger partial charge in [-0.15, -0.1) is 0 Å². The first-order valence-electron chi connectivity index (χ1n) is 6.91. The van der Waals surface area contributed by atoms with E-state index >= 15 is 0 Å². The second kappa shape index (κ2) is 7.14. The minimum absolute atomic E-state index is 0.241. The number of hydrogen-bond acceptors (Lipinski definition) is 3. The lowest BCUT2D eigenvalue weighted by molar-refractivity contribution is -0.314. The van der Waals surface area contributed by atoms with Crippen LogP contribution in [0.4, 0.5) is 0 Å². The van der Waals surface area contributed by atoms with Crippen molar-refractivity contribution in [2.24, 2.45) is 11.8 Å². The molecule has 0 aliphatic heterocycles. The predicted octanol–water partition coefficient (Wildman–Crippen LogP) is 2.17. The highest BCUT2D eigenvalue weighted by Crippen LogP contribution is 2.30. The summed E-state index contributed by atoms with van der Waals surface area (Å²) in [5.41, 5.74) is 0.818. The van der Waals surface area contributed by atoms with Gasteiger partial charge in [-0.1, -0.05) is 42.1 Å². The Morgan fingerprint density at radius 3 is 2.43 bits per heavy atom. The van der Waals surface area contributed by atoms with E-state index in [0.717, 1.165) is 18.4 Å². The number of carbonyl (C=O) groups excluding carboxylic acids is 2. The molecule has 6 heteroatoms. The summed E-state index contributed by atoms with van der Waals surface area (Å²) in [5.74, 6) is -2.57. The largest absolute Gasteiger partial charge is 0.550 e. The Kier molecular flexibility index (Phi) is 5.48. The summed E-state index contributed by atoms with van der Waals surface area (Å²) < 4.78 is 0. The van der Waals surface area contributed by atoms with Gasteiger partial charge < -0.3 is 15.2 Å². The van der Waals surface area contributed by atoms with E-state index in [1.165, 1.54) is 0 Å². The second-order valence-corrected chi connectivity index (χ2v) is 6.10. The maximum absolute atomic E-state index is 12.2. The number of benzene rings is 1. The van der Waals surface area contributed by atoms with Crippen LogP contribution in [0.2, 0.25) is 10.0 Å². The lowest BCUT2D eigenvalue weighted by atomic mass is 9.78. The highest BCUT2D eigenvalue weighted by molar-refractivity contribution is 6.42. The van der Waals surface area contributed by atoms with Crippen LogP contribution in [0.25, 0.3) is 0 Å². The van der Waals surface area contributed by atoms with Crippen LogP contribution in [0.3, 0.4) is 0 Å². The first-order chi connectivity index (χ1) is 9.99. The fourth-order valence-electron chi connectivity index (χ4n) is 2.70. The number of halogens is 2. The molecule has 1 aliphatic rings. The number of amides is 1. The Hall–Kier alpha value is -1.26. The minimum atomic E-state index is -1.13. The SMILES string of the molecule is O=C(NCc1ccc(Cl)c(Cl)c1)[C@H]1CCCC[C@H]1C(=O)[O-]. The summed E-state index contributed by atoms with van der Waals surface area (Å²) in [6.45, 7) is 0.298. The van der Waals surface area contributed by atoms with E-state index in [2.05, 4.69) is 5.32 Å². The topological polar surface area (TPSA) is 69.2 Å². The third kappa shape index (κ3) is 4.11. The molecule has 1 aromatic rings. The zero-order valence-corrected chi connectivity index (χ0v) is 12.9. The van der Waals surface area contributed by atoms with E-state index in [-0.39, 0.29) is 5.91 Å². The summed E-state index contributed by atoms with van der Waals surface area (Å²) in [5, 5.41) is 14.8. The highest BCUT2D eigenvalue weighted by Gasteiger charge is 2.31. The van der Waals surface area contributed by atoms with Crippen molar-refractivity contribution in [3.63, 3.8) is 0 Å². The summed E-state index contributed by atoms with van der Waals surface area (Å²) >= 11 is 11.7. The monoisotopic (exact) mass is 328 g/mol. The van der Waals surface area contributed by atoms with Gasteiger partial charge in [0.05, 0.1) is 10.0 Å². The number of carbonyl (C=O) groups is 2. The van der Waals surface area contributed by atoms with Gasteiger partial charge in [-0.25, -0.2) is 0 Å². The molecule has 1 aromatic carbocycles. The van der Waals surface area contributed by atoms with E-state index in [1.807, 2.05) is 0 Å². The zero-order valence-electron chi connectivity index (χ0n) is 11.4. The smallest absolute Gasteiger partial charge is 0.224 e. The molecule has 2 rings (SSSR count). The molecule has 0 aromatic heterocycles. The van der Waals surface area contributed by atoms with Gasteiger partial charge in [0.2, 0.25) is 5.91 Å². The van der Waals surface area contributed by atoms with Crippen LogP contribution < -0.4 is 10.4 Å². The molecular weight excluding hydrogens is 313 g/mol. The summed E-state index contributed by atoms with van der Waals surface area (Å²) in [6, 6.07) is 5.11. The van der Waals surface area contributed by atoms with Gasteiger partial charge in [0.25, 0.3) is 0 Å². The van der Waals surface area contributed by atoms with Crippen molar-refractivity contribution in [1.82, 2.24) is 5.32 Å². The molecule has 0 spiro atoms. The molecule has 21 heavy (non-hydrogen) atoms. The van der Waals surface area contributed by atoms with E-state index in [0.29, 0.717) is 29.4 Å². The van der Waals surface area contributed by atoms with Gasteiger partial charge in [0.1, 0.15) is 0 Å². The zero-order chi connectivity index (χ0) is 15.4. The Labute approximate surface area is 133 Å². The molecule has 0 saturated heterocycles. The molecule has 1 aliphatic carbocycles. The van der Waals surface area contributed by atoms with Gasteiger partial charge in [-0.3, -0.25) is 4.79 Å². The van der Waals surface area contributed by atoms with Gasteiger partial charge in [0.15, 0.2) is 0 Å². The normalized spacial score (nSPS) is 21.8. The second-order valence-electron chi connectivity index (χ2n) is 5.28. The molecule has 1 saturated carbocycles. The lowest BCUT2D eigenvalue weighted by Gasteiger charge is -2.31. The average Bonchev–Trinajstić information content (AvgIpc) is 2.48. The fourth-order valence-corrected chi connectivity index (χ4v) is 3.02. The number of rotatable bonds is 4. The maximum Gasteiger partial charge on any atom is 0.224 e. The third-order valence-electron chi connectivity index (χ3n) is 3.86. The van der Waals surface area contributed by atoms with Crippen molar-refractivity contribution >= 4 is 35.1 Å². The van der Waals surface area contributed by atoms with Crippen LogP contribution in [0.5, 0.6) is 0 Å². The van der Waals surface area contributed by atoms with Crippen molar-refractivity contribution in [1.29, 1.82) is 0 Å². The van der Waals surface area contributed by atoms with Gasteiger partial charge >= 0.3 is 0 Å². The van der Waals surface area contributed by atoms with Gasteiger partial charge in [-0.05, 0) is 30.5 Å². The van der Waals surface area contributed by atoms with Crippen molar-refractivity contribution < 1.29 is 14.7 Å². The predicted molar refractivity (Wildman–Crippen MR) is 78.8 cm³/mol. The van der Waals surface area contributed by atoms with E-state index < -0.39 is 17.8 Å². The fraction of sp³-hybridized carbons (Fsp3) is 0.467.